The number of carboxylic acids is 1. The van der Waals surface area contributed by atoms with Gasteiger partial charge in [0.05, 0.1) is 11.3 Å². The molecule has 1 aromatic carbocycles. The van der Waals surface area contributed by atoms with Crippen molar-refractivity contribution in [1.82, 2.24) is 0 Å². The van der Waals surface area contributed by atoms with Gasteiger partial charge in [0.2, 0.25) is 0 Å². The maximum absolute atomic E-state index is 11.7. The Morgan fingerprint density at radius 2 is 1.94 bits per heavy atom. The number of rotatable bonds is 4. The van der Waals surface area contributed by atoms with E-state index in [0.29, 0.717) is 11.3 Å². The molecule has 98 valence electrons. The predicted octanol–water partition coefficient (Wildman–Crippen LogP) is 1.98. The molecule has 0 saturated heterocycles. The van der Waals surface area contributed by atoms with Crippen molar-refractivity contribution in [2.24, 2.45) is 0 Å². The molecule has 0 aromatic heterocycles. The quantitative estimate of drug-likeness (QED) is 0.857. The number of hydrogen-bond donors (Lipinski definition) is 2. The summed E-state index contributed by atoms with van der Waals surface area (Å²) in [4.78, 5) is 22.9. The molecule has 5 nitrogen and oxygen atoms in total. The van der Waals surface area contributed by atoms with E-state index in [4.69, 9.17) is 9.84 Å². The molecule has 0 aliphatic heterocycles. The molecule has 0 aliphatic rings. The van der Waals surface area contributed by atoms with E-state index in [2.05, 4.69) is 5.32 Å². The van der Waals surface area contributed by atoms with Crippen LogP contribution in [-0.2, 0) is 9.53 Å². The Bertz CT molecular complexity index is 482. The second kappa shape index (κ2) is 5.64. The van der Waals surface area contributed by atoms with Gasteiger partial charge in [-0.15, -0.1) is 0 Å². The summed E-state index contributed by atoms with van der Waals surface area (Å²) in [6.45, 7) is 5.16. The van der Waals surface area contributed by atoms with E-state index in [1.54, 1.807) is 13.8 Å². The molecule has 0 spiro atoms. The van der Waals surface area contributed by atoms with Crippen molar-refractivity contribution in [2.75, 3.05) is 12.4 Å². The third kappa shape index (κ3) is 3.07. The molecule has 5 heteroatoms. The SMILES string of the molecule is COC(C)C(=O)Nc1c(C)cc(C)cc1C(=O)O. The maximum atomic E-state index is 11.7. The second-order valence-electron chi connectivity index (χ2n) is 4.18. The van der Waals surface area contributed by atoms with Gasteiger partial charge in [-0.3, -0.25) is 4.79 Å². The minimum absolute atomic E-state index is 0.0872. The number of ether oxygens (including phenoxy) is 1. The molecule has 0 bridgehead atoms. The van der Waals surface area contributed by atoms with Crippen LogP contribution in [0.15, 0.2) is 12.1 Å². The van der Waals surface area contributed by atoms with E-state index in [1.165, 1.54) is 13.2 Å². The Kier molecular flexibility index (Phi) is 4.44. The molecule has 1 unspecified atom stereocenters. The van der Waals surface area contributed by atoms with Gasteiger partial charge in [0.1, 0.15) is 6.10 Å². The van der Waals surface area contributed by atoms with E-state index in [9.17, 15) is 9.59 Å². The first-order chi connectivity index (χ1) is 8.36. The Labute approximate surface area is 106 Å². The standard InChI is InChI=1S/C13H17NO4/c1-7-5-8(2)11(10(6-7)13(16)17)14-12(15)9(3)18-4/h5-6,9H,1-4H3,(H,14,15)(H,16,17). The fourth-order valence-corrected chi connectivity index (χ4v) is 1.63. The van der Waals surface area contributed by atoms with Crippen LogP contribution in [0.2, 0.25) is 0 Å². The summed E-state index contributed by atoms with van der Waals surface area (Å²) < 4.78 is 4.89. The normalized spacial score (nSPS) is 12.0. The molecule has 1 rings (SSSR count). The number of methoxy groups -OCH3 is 1. The lowest BCUT2D eigenvalue weighted by Gasteiger charge is -2.15. The van der Waals surface area contributed by atoms with E-state index in [0.717, 1.165) is 5.56 Å². The zero-order valence-corrected chi connectivity index (χ0v) is 10.9. The molecular formula is C13H17NO4. The number of hydrogen-bond acceptors (Lipinski definition) is 3. The summed E-state index contributed by atoms with van der Waals surface area (Å²) in [5.74, 6) is -1.44. The summed E-state index contributed by atoms with van der Waals surface area (Å²) in [7, 11) is 1.42. The van der Waals surface area contributed by atoms with Crippen LogP contribution in [0.5, 0.6) is 0 Å². The molecule has 0 heterocycles. The largest absolute Gasteiger partial charge is 0.478 e. The number of nitrogens with one attached hydrogen (secondary N) is 1. The van der Waals surface area contributed by atoms with Gasteiger partial charge in [0.15, 0.2) is 0 Å². The Hall–Kier alpha value is -1.88. The fraction of sp³-hybridized carbons (Fsp3) is 0.385. The van der Waals surface area contributed by atoms with Gasteiger partial charge in [-0.25, -0.2) is 4.79 Å². The molecule has 0 fully saturated rings. The van der Waals surface area contributed by atoms with Crippen LogP contribution >= 0.6 is 0 Å². The van der Waals surface area contributed by atoms with E-state index >= 15 is 0 Å². The number of benzene rings is 1. The summed E-state index contributed by atoms with van der Waals surface area (Å²) in [5, 5.41) is 11.7. The third-order valence-electron chi connectivity index (χ3n) is 2.68. The number of aromatic carboxylic acids is 1. The monoisotopic (exact) mass is 251 g/mol. The first kappa shape index (κ1) is 14.2. The highest BCUT2D eigenvalue weighted by atomic mass is 16.5. The van der Waals surface area contributed by atoms with E-state index < -0.39 is 12.1 Å². The summed E-state index contributed by atoms with van der Waals surface area (Å²) in [6.07, 6.45) is -0.632. The number of carbonyl (C=O) groups is 2. The van der Waals surface area contributed by atoms with E-state index in [1.807, 2.05) is 13.0 Å². The molecule has 18 heavy (non-hydrogen) atoms. The van der Waals surface area contributed by atoms with Crippen LogP contribution in [-0.4, -0.2) is 30.2 Å². The summed E-state index contributed by atoms with van der Waals surface area (Å²) in [5.41, 5.74) is 1.96. The van der Waals surface area contributed by atoms with Crippen molar-refractivity contribution < 1.29 is 19.4 Å². The van der Waals surface area contributed by atoms with Crippen molar-refractivity contribution >= 4 is 17.6 Å². The van der Waals surface area contributed by atoms with Gasteiger partial charge in [-0.2, -0.15) is 0 Å². The summed E-state index contributed by atoms with van der Waals surface area (Å²) in [6, 6.07) is 3.35. The average Bonchev–Trinajstić information content (AvgIpc) is 2.30. The van der Waals surface area contributed by atoms with E-state index in [-0.39, 0.29) is 11.5 Å². The van der Waals surface area contributed by atoms with Crippen LogP contribution in [0.3, 0.4) is 0 Å². The molecule has 2 N–H and O–H groups in total. The molecule has 1 atom stereocenters. The van der Waals surface area contributed by atoms with Gasteiger partial charge in [0.25, 0.3) is 5.91 Å². The molecule has 0 radical (unpaired) electrons. The number of aryl methyl sites for hydroxylation is 2. The van der Waals surface area contributed by atoms with Crippen molar-refractivity contribution in [3.05, 3.63) is 28.8 Å². The van der Waals surface area contributed by atoms with Gasteiger partial charge >= 0.3 is 5.97 Å². The smallest absolute Gasteiger partial charge is 0.337 e. The lowest BCUT2D eigenvalue weighted by atomic mass is 10.0. The Morgan fingerprint density at radius 3 is 2.44 bits per heavy atom. The minimum atomic E-state index is -1.07. The summed E-state index contributed by atoms with van der Waals surface area (Å²) >= 11 is 0. The number of amides is 1. The first-order valence-electron chi connectivity index (χ1n) is 5.55. The zero-order valence-electron chi connectivity index (χ0n) is 10.9. The van der Waals surface area contributed by atoms with Crippen LogP contribution in [0, 0.1) is 13.8 Å². The minimum Gasteiger partial charge on any atom is -0.478 e. The molecule has 1 amide bonds. The van der Waals surface area contributed by atoms with Crippen molar-refractivity contribution in [3.8, 4) is 0 Å². The number of anilines is 1. The Morgan fingerprint density at radius 1 is 1.33 bits per heavy atom. The van der Waals surface area contributed by atoms with Crippen molar-refractivity contribution in [3.63, 3.8) is 0 Å². The van der Waals surface area contributed by atoms with Gasteiger partial charge in [-0.05, 0) is 38.0 Å². The van der Waals surface area contributed by atoms with Crippen molar-refractivity contribution in [1.29, 1.82) is 0 Å². The maximum Gasteiger partial charge on any atom is 0.337 e. The average molecular weight is 251 g/mol. The lowest BCUT2D eigenvalue weighted by molar-refractivity contribution is -0.124. The van der Waals surface area contributed by atoms with Crippen LogP contribution in [0.4, 0.5) is 5.69 Å². The second-order valence-corrected chi connectivity index (χ2v) is 4.18. The first-order valence-corrected chi connectivity index (χ1v) is 5.55. The Balaban J connectivity index is 3.15. The number of carbonyl (C=O) groups excluding carboxylic acids is 1. The van der Waals surface area contributed by atoms with Crippen molar-refractivity contribution in [2.45, 2.75) is 26.9 Å². The van der Waals surface area contributed by atoms with Gasteiger partial charge in [-0.1, -0.05) is 6.07 Å². The van der Waals surface area contributed by atoms with Crippen LogP contribution in [0.1, 0.15) is 28.4 Å². The number of carboxylic acid groups (broad SMARTS) is 1. The lowest BCUT2D eigenvalue weighted by Crippen LogP contribution is -2.27. The predicted molar refractivity (Wildman–Crippen MR) is 68.0 cm³/mol. The van der Waals surface area contributed by atoms with Gasteiger partial charge < -0.3 is 15.2 Å². The topological polar surface area (TPSA) is 75.6 Å². The van der Waals surface area contributed by atoms with Crippen LogP contribution < -0.4 is 5.32 Å². The van der Waals surface area contributed by atoms with Gasteiger partial charge in [0, 0.05) is 7.11 Å². The highest BCUT2D eigenvalue weighted by Crippen LogP contribution is 2.23. The van der Waals surface area contributed by atoms with Crippen LogP contribution in [0.25, 0.3) is 0 Å². The zero-order chi connectivity index (χ0) is 13.9. The molecular weight excluding hydrogens is 234 g/mol. The molecule has 0 saturated carbocycles. The highest BCUT2D eigenvalue weighted by molar-refractivity contribution is 6.02. The molecule has 1 aromatic rings. The molecule has 0 aliphatic carbocycles. The fourth-order valence-electron chi connectivity index (χ4n) is 1.63. The highest BCUT2D eigenvalue weighted by Gasteiger charge is 2.18. The third-order valence-corrected chi connectivity index (χ3v) is 2.68.